The van der Waals surface area contributed by atoms with E-state index in [1.807, 2.05) is 0 Å². The first kappa shape index (κ1) is 27.3. The molecule has 1 rings (SSSR count). The van der Waals surface area contributed by atoms with Crippen LogP contribution in [0.3, 0.4) is 0 Å². The number of nitrogens with one attached hydrogen (secondary N) is 1. The van der Waals surface area contributed by atoms with Crippen LogP contribution in [0.1, 0.15) is 41.0 Å². The van der Waals surface area contributed by atoms with E-state index in [1.165, 1.54) is 0 Å². The summed E-state index contributed by atoms with van der Waals surface area (Å²) in [4.78, 5) is 58.3. The number of aliphatic hydroxyl groups is 2. The molecule has 1 saturated heterocycles. The summed E-state index contributed by atoms with van der Waals surface area (Å²) in [5.41, 5.74) is 0. The predicted octanol–water partition coefficient (Wildman–Crippen LogP) is -1.68. The lowest BCUT2D eigenvalue weighted by Gasteiger charge is -2.47. The lowest BCUT2D eigenvalue weighted by atomic mass is 9.88. The second kappa shape index (κ2) is 11.7. The highest BCUT2D eigenvalue weighted by molar-refractivity contribution is 5.73. The van der Waals surface area contributed by atoms with Crippen molar-refractivity contribution in [2.24, 2.45) is 0 Å². The van der Waals surface area contributed by atoms with Crippen molar-refractivity contribution in [3.8, 4) is 0 Å². The van der Waals surface area contributed by atoms with Crippen LogP contribution >= 0.6 is 0 Å². The Balaban J connectivity index is 3.52. The van der Waals surface area contributed by atoms with Crippen molar-refractivity contribution >= 4 is 29.8 Å². The van der Waals surface area contributed by atoms with E-state index < -0.39 is 85.7 Å². The third-order valence-corrected chi connectivity index (χ3v) is 4.32. The van der Waals surface area contributed by atoms with Crippen molar-refractivity contribution < 1.29 is 57.9 Å². The maximum atomic E-state index is 11.8. The van der Waals surface area contributed by atoms with Gasteiger partial charge in [-0.05, 0) is 0 Å². The van der Waals surface area contributed by atoms with E-state index in [0.717, 1.165) is 34.6 Å². The largest absolute Gasteiger partial charge is 0.462 e. The maximum absolute atomic E-state index is 11.8. The van der Waals surface area contributed by atoms with Gasteiger partial charge in [-0.2, -0.15) is 0 Å². The van der Waals surface area contributed by atoms with Crippen LogP contribution in [0.15, 0.2) is 0 Å². The first-order valence-electron chi connectivity index (χ1n) is 9.71. The molecule has 182 valence electrons. The molecule has 3 N–H and O–H groups in total. The first-order valence-corrected chi connectivity index (χ1v) is 9.71. The zero-order chi connectivity index (χ0) is 24.6. The van der Waals surface area contributed by atoms with E-state index in [-0.39, 0.29) is 0 Å². The van der Waals surface area contributed by atoms with Gasteiger partial charge >= 0.3 is 23.9 Å². The zero-order valence-electron chi connectivity index (χ0n) is 18.5. The molecule has 1 heterocycles. The van der Waals surface area contributed by atoms with E-state index in [0.29, 0.717) is 0 Å². The number of aliphatic hydroxyl groups excluding tert-OH is 1. The lowest BCUT2D eigenvalue weighted by molar-refractivity contribution is -0.314. The average Bonchev–Trinajstić information content (AvgIpc) is 2.64. The average molecular weight is 463 g/mol. The van der Waals surface area contributed by atoms with Crippen molar-refractivity contribution in [1.29, 1.82) is 0 Å². The minimum atomic E-state index is -2.26. The van der Waals surface area contributed by atoms with E-state index in [2.05, 4.69) is 5.32 Å². The van der Waals surface area contributed by atoms with Gasteiger partial charge < -0.3 is 39.2 Å². The number of amides is 1. The summed E-state index contributed by atoms with van der Waals surface area (Å²) in [5, 5.41) is 22.8. The fraction of sp³-hybridized carbons (Fsp3) is 0.737. The summed E-state index contributed by atoms with van der Waals surface area (Å²) in [6.07, 6.45) is -6.14. The summed E-state index contributed by atoms with van der Waals surface area (Å²) >= 11 is 0. The normalized spacial score (nSPS) is 26.8. The highest BCUT2D eigenvalue weighted by Crippen LogP contribution is 2.33. The molecule has 13 heteroatoms. The molecule has 0 spiro atoms. The number of hydrogen-bond donors (Lipinski definition) is 3. The van der Waals surface area contributed by atoms with Gasteiger partial charge in [0.05, 0.1) is 12.6 Å². The number of ether oxygens (including phenoxy) is 5. The Bertz CT molecular complexity index is 725. The minimum Gasteiger partial charge on any atom is -0.462 e. The van der Waals surface area contributed by atoms with Crippen LogP contribution in [0.25, 0.3) is 0 Å². The molecule has 32 heavy (non-hydrogen) atoms. The van der Waals surface area contributed by atoms with Gasteiger partial charge in [0.15, 0.2) is 18.0 Å². The number of hydrogen-bond acceptors (Lipinski definition) is 12. The van der Waals surface area contributed by atoms with Gasteiger partial charge in [-0.25, -0.2) is 0 Å². The van der Waals surface area contributed by atoms with Crippen LogP contribution in [-0.4, -0.2) is 89.5 Å². The van der Waals surface area contributed by atoms with Gasteiger partial charge in [0, 0.05) is 41.0 Å². The Morgan fingerprint density at radius 2 is 1.59 bits per heavy atom. The molecule has 0 saturated carbocycles. The van der Waals surface area contributed by atoms with Gasteiger partial charge in [-0.15, -0.1) is 0 Å². The minimum absolute atomic E-state index is 0.431. The maximum Gasteiger partial charge on any atom is 0.303 e. The molecule has 13 nitrogen and oxygen atoms in total. The highest BCUT2D eigenvalue weighted by atomic mass is 16.7. The zero-order valence-corrected chi connectivity index (χ0v) is 18.5. The van der Waals surface area contributed by atoms with Crippen LogP contribution in [0.2, 0.25) is 0 Å². The fourth-order valence-electron chi connectivity index (χ4n) is 3.29. The van der Waals surface area contributed by atoms with Crippen molar-refractivity contribution in [2.45, 2.75) is 77.3 Å². The summed E-state index contributed by atoms with van der Waals surface area (Å²) in [7, 11) is 0. The van der Waals surface area contributed by atoms with Crippen LogP contribution in [0.5, 0.6) is 0 Å². The van der Waals surface area contributed by atoms with Gasteiger partial charge in [0.1, 0.15) is 18.8 Å². The SMILES string of the molecule is CC(=O)N[C@H]1[C@H]([C@H](OC(C)=O)[C@@H](COC(C)=O)OC(C)=O)OC(O)(CO)C[C@@H]1OC(C)=O. The molecule has 1 aliphatic heterocycles. The Labute approximate surface area is 184 Å². The molecule has 6 atom stereocenters. The number of carbonyl (C=O) groups excluding carboxylic acids is 5. The van der Waals surface area contributed by atoms with Gasteiger partial charge in [0.25, 0.3) is 0 Å². The molecule has 0 aromatic heterocycles. The van der Waals surface area contributed by atoms with Crippen molar-refractivity contribution in [3.63, 3.8) is 0 Å². The Hall–Kier alpha value is -2.77. The molecular formula is C19H29NO12. The van der Waals surface area contributed by atoms with Crippen LogP contribution < -0.4 is 5.32 Å². The molecule has 1 unspecified atom stereocenters. The number of rotatable bonds is 9. The molecule has 0 radical (unpaired) electrons. The molecule has 0 aromatic rings. The molecule has 0 bridgehead atoms. The Morgan fingerprint density at radius 1 is 1.00 bits per heavy atom. The third kappa shape index (κ3) is 8.40. The Morgan fingerprint density at radius 3 is 2.03 bits per heavy atom. The molecule has 0 aliphatic carbocycles. The van der Waals surface area contributed by atoms with Crippen LogP contribution in [-0.2, 0) is 47.7 Å². The standard InChI is InChI=1S/C19H29NO12/c1-9(22)20-16-14(29-11(3)24)6-19(27,8-21)32-18(16)17(31-13(5)26)15(30-12(4)25)7-28-10(2)23/h14-18,21,27H,6-8H2,1-5H3,(H,20,22)/t14-,15+,16+,17+,18+,19?/m0/s1. The van der Waals surface area contributed by atoms with Crippen LogP contribution in [0, 0.1) is 0 Å². The van der Waals surface area contributed by atoms with E-state index in [4.69, 9.17) is 23.7 Å². The molecular weight excluding hydrogens is 434 g/mol. The predicted molar refractivity (Wildman–Crippen MR) is 102 cm³/mol. The second-order valence-corrected chi connectivity index (χ2v) is 7.29. The van der Waals surface area contributed by atoms with Gasteiger partial charge in [-0.1, -0.05) is 0 Å². The van der Waals surface area contributed by atoms with Gasteiger partial charge in [-0.3, -0.25) is 24.0 Å². The lowest BCUT2D eigenvalue weighted by Crippen LogP contribution is -2.67. The fourth-order valence-corrected chi connectivity index (χ4v) is 3.29. The summed E-state index contributed by atoms with van der Waals surface area (Å²) in [6.45, 7) is 3.96. The monoisotopic (exact) mass is 463 g/mol. The quantitative estimate of drug-likeness (QED) is 0.261. The molecule has 1 aliphatic rings. The summed E-state index contributed by atoms with van der Waals surface area (Å²) in [6, 6.07) is -1.21. The van der Waals surface area contributed by atoms with E-state index in [9.17, 15) is 34.2 Å². The van der Waals surface area contributed by atoms with E-state index in [1.54, 1.807) is 0 Å². The summed E-state index contributed by atoms with van der Waals surface area (Å²) in [5.74, 6) is -6.01. The molecule has 1 amide bonds. The van der Waals surface area contributed by atoms with E-state index >= 15 is 0 Å². The van der Waals surface area contributed by atoms with Crippen molar-refractivity contribution in [3.05, 3.63) is 0 Å². The van der Waals surface area contributed by atoms with Crippen molar-refractivity contribution in [2.75, 3.05) is 13.2 Å². The Kier molecular flexibility index (Phi) is 10.0. The second-order valence-electron chi connectivity index (χ2n) is 7.29. The third-order valence-electron chi connectivity index (χ3n) is 4.32. The number of carbonyl (C=O) groups is 5. The van der Waals surface area contributed by atoms with Crippen LogP contribution in [0.4, 0.5) is 0 Å². The smallest absolute Gasteiger partial charge is 0.303 e. The van der Waals surface area contributed by atoms with Gasteiger partial charge in [0.2, 0.25) is 5.91 Å². The highest BCUT2D eigenvalue weighted by Gasteiger charge is 2.54. The topological polar surface area (TPSA) is 184 Å². The van der Waals surface area contributed by atoms with Crippen molar-refractivity contribution in [1.82, 2.24) is 5.32 Å². The molecule has 0 aromatic carbocycles. The molecule has 1 fully saturated rings. The first-order chi connectivity index (χ1) is 14.8. The number of esters is 4. The summed E-state index contributed by atoms with van der Waals surface area (Å²) < 4.78 is 26.1.